The molecule has 0 aliphatic heterocycles. The van der Waals surface area contributed by atoms with Crippen LogP contribution in [0.2, 0.25) is 18.1 Å². The number of esters is 1. The molecule has 0 radical (unpaired) electrons. The number of hydrogen-bond acceptors (Lipinski definition) is 5. The van der Waals surface area contributed by atoms with E-state index in [0.717, 1.165) is 6.42 Å². The van der Waals surface area contributed by atoms with Gasteiger partial charge in [0.1, 0.15) is 6.10 Å². The first-order valence-corrected chi connectivity index (χ1v) is 12.4. The van der Waals surface area contributed by atoms with Crippen molar-refractivity contribution in [2.45, 2.75) is 71.7 Å². The molecule has 1 aromatic heterocycles. The quantitative estimate of drug-likeness (QED) is 0.492. The van der Waals surface area contributed by atoms with Crippen LogP contribution >= 0.6 is 0 Å². The van der Waals surface area contributed by atoms with E-state index >= 15 is 0 Å². The van der Waals surface area contributed by atoms with Gasteiger partial charge in [-0.3, -0.25) is 9.59 Å². The third-order valence-electron chi connectivity index (χ3n) is 5.97. The zero-order valence-electron chi connectivity index (χ0n) is 17.5. The Morgan fingerprint density at radius 2 is 2.04 bits per heavy atom. The van der Waals surface area contributed by atoms with Gasteiger partial charge in [-0.05, 0) is 44.0 Å². The van der Waals surface area contributed by atoms with E-state index in [1.807, 2.05) is 13.0 Å². The summed E-state index contributed by atoms with van der Waals surface area (Å²) in [5.41, 5.74) is 0.540. The van der Waals surface area contributed by atoms with Gasteiger partial charge in [0.05, 0.1) is 24.5 Å². The van der Waals surface area contributed by atoms with Crippen LogP contribution in [0.15, 0.2) is 34.7 Å². The number of carbonyl (C=O) groups is 2. The SMILES string of the molecule is CC(=O)O[C@@H](c1ccoc1)[C@]1(C)CCC=C(CO[Si](C)(C)C(C)(C)C)C1=O. The minimum atomic E-state index is -1.96. The zero-order chi connectivity index (χ0) is 20.5. The van der Waals surface area contributed by atoms with E-state index in [1.165, 1.54) is 19.5 Å². The molecule has 27 heavy (non-hydrogen) atoms. The van der Waals surface area contributed by atoms with E-state index in [0.29, 0.717) is 24.2 Å². The van der Waals surface area contributed by atoms with Gasteiger partial charge in [-0.25, -0.2) is 0 Å². The molecule has 0 unspecified atom stereocenters. The Morgan fingerprint density at radius 1 is 1.37 bits per heavy atom. The van der Waals surface area contributed by atoms with E-state index in [9.17, 15) is 9.59 Å². The normalized spacial score (nSPS) is 22.3. The van der Waals surface area contributed by atoms with Crippen LogP contribution in [-0.2, 0) is 18.8 Å². The molecular weight excluding hydrogens is 360 g/mol. The van der Waals surface area contributed by atoms with Gasteiger partial charge in [-0.15, -0.1) is 0 Å². The molecule has 1 aromatic rings. The third-order valence-corrected chi connectivity index (χ3v) is 10.4. The van der Waals surface area contributed by atoms with Crippen molar-refractivity contribution in [2.75, 3.05) is 6.61 Å². The number of Topliss-reactive ketones (excluding diaryl/α,β-unsaturated/α-hetero) is 1. The second kappa shape index (κ2) is 7.76. The molecule has 0 bridgehead atoms. The lowest BCUT2D eigenvalue weighted by Gasteiger charge is -2.40. The predicted molar refractivity (Wildman–Crippen MR) is 107 cm³/mol. The summed E-state index contributed by atoms with van der Waals surface area (Å²) < 4.78 is 17.0. The molecular formula is C21H32O5Si. The lowest BCUT2D eigenvalue weighted by Crippen LogP contribution is -2.44. The van der Waals surface area contributed by atoms with Crippen LogP contribution in [-0.4, -0.2) is 26.7 Å². The van der Waals surface area contributed by atoms with Gasteiger partial charge in [-0.1, -0.05) is 26.8 Å². The predicted octanol–water partition coefficient (Wildman–Crippen LogP) is 5.20. The van der Waals surface area contributed by atoms with Gasteiger partial charge in [0, 0.05) is 18.1 Å². The largest absolute Gasteiger partial charge is 0.472 e. The summed E-state index contributed by atoms with van der Waals surface area (Å²) in [6.07, 6.45) is 5.72. The first-order chi connectivity index (χ1) is 12.4. The van der Waals surface area contributed by atoms with Crippen molar-refractivity contribution in [1.29, 1.82) is 0 Å². The number of carbonyl (C=O) groups excluding carboxylic acids is 2. The Hall–Kier alpha value is -1.66. The third kappa shape index (κ3) is 4.61. The number of hydrogen-bond donors (Lipinski definition) is 0. The highest BCUT2D eigenvalue weighted by Crippen LogP contribution is 2.46. The fourth-order valence-corrected chi connectivity index (χ4v) is 4.07. The van der Waals surface area contributed by atoms with Crippen LogP contribution in [0.3, 0.4) is 0 Å². The molecule has 0 N–H and O–H groups in total. The minimum Gasteiger partial charge on any atom is -0.472 e. The monoisotopic (exact) mass is 392 g/mol. The van der Waals surface area contributed by atoms with E-state index < -0.39 is 25.8 Å². The highest BCUT2D eigenvalue weighted by Gasteiger charge is 2.47. The van der Waals surface area contributed by atoms with Crippen molar-refractivity contribution in [1.82, 2.24) is 0 Å². The van der Waals surface area contributed by atoms with Crippen LogP contribution < -0.4 is 0 Å². The lowest BCUT2D eigenvalue weighted by molar-refractivity contribution is -0.158. The maximum atomic E-state index is 13.4. The maximum absolute atomic E-state index is 13.4. The summed E-state index contributed by atoms with van der Waals surface area (Å²) in [4.78, 5) is 25.1. The van der Waals surface area contributed by atoms with E-state index in [2.05, 4.69) is 33.9 Å². The van der Waals surface area contributed by atoms with Crippen molar-refractivity contribution in [3.63, 3.8) is 0 Å². The Balaban J connectivity index is 2.25. The van der Waals surface area contributed by atoms with Crippen molar-refractivity contribution >= 4 is 20.1 Å². The maximum Gasteiger partial charge on any atom is 0.303 e. The van der Waals surface area contributed by atoms with E-state index in [4.69, 9.17) is 13.6 Å². The molecule has 0 spiro atoms. The van der Waals surface area contributed by atoms with Crippen LogP contribution in [0.5, 0.6) is 0 Å². The number of ketones is 1. The highest BCUT2D eigenvalue weighted by atomic mass is 28.4. The first-order valence-electron chi connectivity index (χ1n) is 9.45. The summed E-state index contributed by atoms with van der Waals surface area (Å²) in [7, 11) is -1.96. The van der Waals surface area contributed by atoms with Gasteiger partial charge in [-0.2, -0.15) is 0 Å². The molecule has 0 saturated carbocycles. The smallest absolute Gasteiger partial charge is 0.303 e. The Labute approximate surface area is 163 Å². The van der Waals surface area contributed by atoms with E-state index in [-0.39, 0.29) is 10.8 Å². The first kappa shape index (κ1) is 21.6. The summed E-state index contributed by atoms with van der Waals surface area (Å²) >= 11 is 0. The molecule has 0 saturated heterocycles. The molecule has 1 heterocycles. The van der Waals surface area contributed by atoms with Gasteiger partial charge in [0.15, 0.2) is 14.1 Å². The van der Waals surface area contributed by atoms with Crippen molar-refractivity contribution in [3.8, 4) is 0 Å². The van der Waals surface area contributed by atoms with Gasteiger partial charge in [0.2, 0.25) is 0 Å². The second-order valence-corrected chi connectivity index (χ2v) is 13.9. The van der Waals surface area contributed by atoms with Crippen LogP contribution in [0.4, 0.5) is 0 Å². The molecule has 0 fully saturated rings. The zero-order valence-corrected chi connectivity index (χ0v) is 18.5. The van der Waals surface area contributed by atoms with Crippen molar-refractivity contribution in [3.05, 3.63) is 35.8 Å². The van der Waals surface area contributed by atoms with Crippen molar-refractivity contribution < 1.29 is 23.2 Å². The molecule has 2 atom stereocenters. The minimum absolute atomic E-state index is 0.0140. The molecule has 6 heteroatoms. The molecule has 5 nitrogen and oxygen atoms in total. The molecule has 0 aromatic carbocycles. The summed E-state index contributed by atoms with van der Waals surface area (Å²) in [5, 5.41) is 0.0750. The summed E-state index contributed by atoms with van der Waals surface area (Å²) in [5.74, 6) is -0.427. The summed E-state index contributed by atoms with van der Waals surface area (Å²) in [6, 6.07) is 1.75. The van der Waals surface area contributed by atoms with Crippen LogP contribution in [0.25, 0.3) is 0 Å². The summed E-state index contributed by atoms with van der Waals surface area (Å²) in [6.45, 7) is 14.4. The number of ether oxygens (including phenoxy) is 1. The average Bonchev–Trinajstić information content (AvgIpc) is 3.07. The highest BCUT2D eigenvalue weighted by molar-refractivity contribution is 6.74. The Kier molecular flexibility index (Phi) is 6.22. The standard InChI is InChI=1S/C21H32O5Si/c1-15(22)26-19(17-10-12-24-13-17)21(5)11-8-9-16(18(21)23)14-25-27(6,7)20(2,3)4/h9-10,12-13,19H,8,11,14H2,1-7H3/t19-,21+/m0/s1. The molecule has 1 aliphatic rings. The van der Waals surface area contributed by atoms with Crippen LogP contribution in [0, 0.1) is 5.41 Å². The molecule has 150 valence electrons. The Morgan fingerprint density at radius 3 is 2.56 bits per heavy atom. The van der Waals surface area contributed by atoms with Gasteiger partial charge in [0.25, 0.3) is 0 Å². The van der Waals surface area contributed by atoms with Gasteiger partial charge >= 0.3 is 5.97 Å². The second-order valence-electron chi connectivity index (χ2n) is 9.11. The van der Waals surface area contributed by atoms with Crippen molar-refractivity contribution in [2.24, 2.45) is 5.41 Å². The number of furan rings is 1. The topological polar surface area (TPSA) is 65.7 Å². The molecule has 1 aliphatic carbocycles. The van der Waals surface area contributed by atoms with E-state index in [1.54, 1.807) is 6.07 Å². The lowest BCUT2D eigenvalue weighted by atomic mass is 9.69. The van der Waals surface area contributed by atoms with Crippen LogP contribution in [0.1, 0.15) is 59.1 Å². The Bertz CT molecular complexity index is 711. The molecule has 2 rings (SSSR count). The number of rotatable bonds is 6. The fourth-order valence-electron chi connectivity index (χ4n) is 3.12. The number of allylic oxidation sites excluding steroid dienone is 1. The fraction of sp³-hybridized carbons (Fsp3) is 0.619. The van der Waals surface area contributed by atoms with Gasteiger partial charge < -0.3 is 13.6 Å². The average molecular weight is 393 g/mol. The molecule has 0 amide bonds.